The SMILES string of the molecule is CC(C)CS(=O)(=O)N[C@H](C)Cc1ccc2c(c1)CCO2. The van der Waals surface area contributed by atoms with Gasteiger partial charge in [0, 0.05) is 12.5 Å². The lowest BCUT2D eigenvalue weighted by molar-refractivity contribution is 0.357. The van der Waals surface area contributed by atoms with E-state index >= 15 is 0 Å². The second kappa shape index (κ2) is 6.14. The molecule has 4 nitrogen and oxygen atoms in total. The van der Waals surface area contributed by atoms with Gasteiger partial charge in [-0.3, -0.25) is 0 Å². The van der Waals surface area contributed by atoms with Gasteiger partial charge in [-0.25, -0.2) is 13.1 Å². The summed E-state index contributed by atoms with van der Waals surface area (Å²) in [5, 5.41) is 0. The Bertz CT molecular complexity index is 566. The summed E-state index contributed by atoms with van der Waals surface area (Å²) in [4.78, 5) is 0. The second-order valence-corrected chi connectivity index (χ2v) is 7.74. The minimum absolute atomic E-state index is 0.0980. The molecule has 0 saturated heterocycles. The highest BCUT2D eigenvalue weighted by atomic mass is 32.2. The lowest BCUT2D eigenvalue weighted by Crippen LogP contribution is -2.36. The molecule has 0 fully saturated rings. The van der Waals surface area contributed by atoms with Gasteiger partial charge in [0.1, 0.15) is 5.75 Å². The van der Waals surface area contributed by atoms with Gasteiger partial charge in [-0.1, -0.05) is 26.0 Å². The molecule has 1 aliphatic heterocycles. The number of sulfonamides is 1. The average molecular weight is 297 g/mol. The quantitative estimate of drug-likeness (QED) is 0.875. The number of fused-ring (bicyclic) bond motifs is 1. The molecule has 1 atom stereocenters. The molecule has 1 aliphatic rings. The maximum atomic E-state index is 11.9. The van der Waals surface area contributed by atoms with Gasteiger partial charge in [-0.05, 0) is 36.5 Å². The van der Waals surface area contributed by atoms with E-state index in [9.17, 15) is 8.42 Å². The number of rotatable bonds is 6. The summed E-state index contributed by atoms with van der Waals surface area (Å²) in [5.74, 6) is 1.27. The molecule has 1 N–H and O–H groups in total. The maximum absolute atomic E-state index is 11.9. The zero-order valence-electron chi connectivity index (χ0n) is 12.3. The van der Waals surface area contributed by atoms with Crippen molar-refractivity contribution in [3.8, 4) is 5.75 Å². The minimum Gasteiger partial charge on any atom is -0.493 e. The summed E-state index contributed by atoms with van der Waals surface area (Å²) < 4.78 is 32.0. The van der Waals surface area contributed by atoms with Crippen LogP contribution in [-0.2, 0) is 22.9 Å². The van der Waals surface area contributed by atoms with E-state index in [-0.39, 0.29) is 17.7 Å². The van der Waals surface area contributed by atoms with E-state index in [2.05, 4.69) is 10.8 Å². The first kappa shape index (κ1) is 15.3. The molecule has 20 heavy (non-hydrogen) atoms. The van der Waals surface area contributed by atoms with Gasteiger partial charge in [0.15, 0.2) is 0 Å². The Balaban J connectivity index is 1.96. The van der Waals surface area contributed by atoms with E-state index in [1.807, 2.05) is 32.9 Å². The zero-order valence-corrected chi connectivity index (χ0v) is 13.2. The lowest BCUT2D eigenvalue weighted by Gasteiger charge is -2.15. The minimum atomic E-state index is -3.19. The van der Waals surface area contributed by atoms with Crippen molar-refractivity contribution in [2.45, 2.75) is 39.7 Å². The van der Waals surface area contributed by atoms with Crippen LogP contribution >= 0.6 is 0 Å². The molecule has 0 aliphatic carbocycles. The number of nitrogens with one attached hydrogen (secondary N) is 1. The third kappa shape index (κ3) is 4.21. The molecule has 0 amide bonds. The highest BCUT2D eigenvalue weighted by Crippen LogP contribution is 2.26. The molecular weight excluding hydrogens is 274 g/mol. The molecule has 1 heterocycles. The van der Waals surface area contributed by atoms with Crippen molar-refractivity contribution in [2.75, 3.05) is 12.4 Å². The van der Waals surface area contributed by atoms with Crippen LogP contribution in [0.2, 0.25) is 0 Å². The molecule has 1 aromatic carbocycles. The van der Waals surface area contributed by atoms with Crippen molar-refractivity contribution in [1.29, 1.82) is 0 Å². The summed E-state index contributed by atoms with van der Waals surface area (Å²) >= 11 is 0. The normalized spacial score (nSPS) is 16.0. The van der Waals surface area contributed by atoms with Gasteiger partial charge in [-0.15, -0.1) is 0 Å². The third-order valence-electron chi connectivity index (χ3n) is 3.23. The smallest absolute Gasteiger partial charge is 0.212 e. The standard InChI is InChI=1S/C15H23NO3S/c1-11(2)10-20(17,18)16-12(3)8-13-4-5-15-14(9-13)6-7-19-15/h4-5,9,11-12,16H,6-8,10H2,1-3H3/t12-/m1/s1. The molecule has 0 spiro atoms. The molecule has 2 rings (SSSR count). The van der Waals surface area contributed by atoms with Gasteiger partial charge in [0.2, 0.25) is 10.0 Å². The largest absolute Gasteiger partial charge is 0.493 e. The Morgan fingerprint density at radius 1 is 1.30 bits per heavy atom. The van der Waals surface area contributed by atoms with Crippen LogP contribution in [0.25, 0.3) is 0 Å². The fraction of sp³-hybridized carbons (Fsp3) is 0.600. The first-order valence-electron chi connectivity index (χ1n) is 7.10. The predicted molar refractivity (Wildman–Crippen MR) is 80.6 cm³/mol. The van der Waals surface area contributed by atoms with Crippen molar-refractivity contribution in [2.24, 2.45) is 5.92 Å². The van der Waals surface area contributed by atoms with Crippen LogP contribution in [-0.4, -0.2) is 26.8 Å². The van der Waals surface area contributed by atoms with Crippen LogP contribution in [0.5, 0.6) is 5.75 Å². The Morgan fingerprint density at radius 3 is 2.75 bits per heavy atom. The summed E-state index contributed by atoms with van der Waals surface area (Å²) in [7, 11) is -3.19. The first-order valence-corrected chi connectivity index (χ1v) is 8.75. The number of ether oxygens (including phenoxy) is 1. The molecule has 5 heteroatoms. The highest BCUT2D eigenvalue weighted by Gasteiger charge is 2.17. The molecule has 1 aromatic rings. The molecule has 0 radical (unpaired) electrons. The van der Waals surface area contributed by atoms with Gasteiger partial charge < -0.3 is 4.74 Å². The molecule has 0 saturated carbocycles. The highest BCUT2D eigenvalue weighted by molar-refractivity contribution is 7.89. The van der Waals surface area contributed by atoms with E-state index < -0.39 is 10.0 Å². The van der Waals surface area contributed by atoms with Crippen LogP contribution in [0.4, 0.5) is 0 Å². The van der Waals surface area contributed by atoms with Gasteiger partial charge in [0.25, 0.3) is 0 Å². The monoisotopic (exact) mass is 297 g/mol. The predicted octanol–water partition coefficient (Wildman–Crippen LogP) is 2.13. The number of benzene rings is 1. The zero-order chi connectivity index (χ0) is 14.8. The fourth-order valence-corrected chi connectivity index (χ4v) is 4.23. The van der Waals surface area contributed by atoms with Crippen LogP contribution in [0.3, 0.4) is 0 Å². The van der Waals surface area contributed by atoms with E-state index in [1.165, 1.54) is 5.56 Å². The molecule has 0 aromatic heterocycles. The summed E-state index contributed by atoms with van der Waals surface area (Å²) in [6.07, 6.45) is 1.64. The summed E-state index contributed by atoms with van der Waals surface area (Å²) in [6, 6.07) is 6.01. The Morgan fingerprint density at radius 2 is 2.05 bits per heavy atom. The third-order valence-corrected chi connectivity index (χ3v) is 5.10. The maximum Gasteiger partial charge on any atom is 0.212 e. The Kier molecular flexibility index (Phi) is 4.70. The van der Waals surface area contributed by atoms with Crippen molar-refractivity contribution < 1.29 is 13.2 Å². The van der Waals surface area contributed by atoms with Crippen LogP contribution in [0, 0.1) is 5.92 Å². The van der Waals surface area contributed by atoms with Crippen molar-refractivity contribution >= 4 is 10.0 Å². The number of hydrogen-bond donors (Lipinski definition) is 1. The van der Waals surface area contributed by atoms with E-state index in [0.717, 1.165) is 24.3 Å². The molecule has 112 valence electrons. The van der Waals surface area contributed by atoms with Crippen molar-refractivity contribution in [1.82, 2.24) is 4.72 Å². The van der Waals surface area contributed by atoms with Gasteiger partial charge >= 0.3 is 0 Å². The van der Waals surface area contributed by atoms with Crippen LogP contribution in [0.15, 0.2) is 18.2 Å². The average Bonchev–Trinajstić information content (AvgIpc) is 2.72. The van der Waals surface area contributed by atoms with Crippen molar-refractivity contribution in [3.05, 3.63) is 29.3 Å². The number of hydrogen-bond acceptors (Lipinski definition) is 3. The fourth-order valence-electron chi connectivity index (χ4n) is 2.56. The lowest BCUT2D eigenvalue weighted by atomic mass is 10.0. The topological polar surface area (TPSA) is 55.4 Å². The molecule has 0 unspecified atom stereocenters. The second-order valence-electron chi connectivity index (χ2n) is 5.94. The van der Waals surface area contributed by atoms with Gasteiger partial charge in [-0.2, -0.15) is 0 Å². The first-order chi connectivity index (χ1) is 9.35. The van der Waals surface area contributed by atoms with Crippen molar-refractivity contribution in [3.63, 3.8) is 0 Å². The van der Waals surface area contributed by atoms with Gasteiger partial charge in [0.05, 0.1) is 12.4 Å². The Labute approximate surface area is 121 Å². The molecular formula is C15H23NO3S. The molecule has 0 bridgehead atoms. The Hall–Kier alpha value is -1.07. The van der Waals surface area contributed by atoms with Crippen LogP contribution < -0.4 is 9.46 Å². The summed E-state index contributed by atoms with van der Waals surface area (Å²) in [5.41, 5.74) is 2.37. The summed E-state index contributed by atoms with van der Waals surface area (Å²) in [6.45, 7) is 6.46. The van der Waals surface area contributed by atoms with E-state index in [0.29, 0.717) is 6.42 Å². The van der Waals surface area contributed by atoms with E-state index in [4.69, 9.17) is 4.74 Å². The van der Waals surface area contributed by atoms with E-state index in [1.54, 1.807) is 0 Å². The van der Waals surface area contributed by atoms with Crippen LogP contribution in [0.1, 0.15) is 31.9 Å².